The molecule has 1 aromatic heterocycles. The predicted molar refractivity (Wildman–Crippen MR) is 141 cm³/mol. The summed E-state index contributed by atoms with van der Waals surface area (Å²) in [4.78, 5) is 0. The highest BCUT2D eigenvalue weighted by molar-refractivity contribution is 6.74. The van der Waals surface area contributed by atoms with Gasteiger partial charge >= 0.3 is 0 Å². The molecule has 0 spiro atoms. The van der Waals surface area contributed by atoms with Crippen molar-refractivity contribution in [1.82, 2.24) is 4.57 Å². The van der Waals surface area contributed by atoms with Crippen LogP contribution in [0.25, 0.3) is 38.3 Å². The van der Waals surface area contributed by atoms with Crippen LogP contribution < -0.4 is 5.46 Å². The molecule has 0 N–H and O–H groups in total. The van der Waals surface area contributed by atoms with Crippen LogP contribution in [0.15, 0.2) is 84.9 Å². The van der Waals surface area contributed by atoms with Gasteiger partial charge in [-0.3, -0.25) is 0 Å². The fourth-order valence-electron chi connectivity index (χ4n) is 6.01. The van der Waals surface area contributed by atoms with Crippen LogP contribution in [0.1, 0.15) is 27.7 Å². The van der Waals surface area contributed by atoms with E-state index >= 15 is 0 Å². The van der Waals surface area contributed by atoms with Gasteiger partial charge in [-0.05, 0) is 45.9 Å². The lowest BCUT2D eigenvalue weighted by Crippen LogP contribution is -2.27. The van der Waals surface area contributed by atoms with Gasteiger partial charge in [-0.2, -0.15) is 0 Å². The summed E-state index contributed by atoms with van der Waals surface area (Å²) in [5, 5.41) is 5.34. The van der Waals surface area contributed by atoms with Gasteiger partial charge in [0.25, 0.3) is 0 Å². The highest BCUT2D eigenvalue weighted by Crippen LogP contribution is 2.52. The molecule has 0 atom stereocenters. The largest absolute Gasteiger partial charge is 0.309 e. The fourth-order valence-corrected chi connectivity index (χ4v) is 6.01. The van der Waals surface area contributed by atoms with Gasteiger partial charge < -0.3 is 4.57 Å². The summed E-state index contributed by atoms with van der Waals surface area (Å²) < 4.78 is 2.46. The van der Waals surface area contributed by atoms with Crippen molar-refractivity contribution < 1.29 is 0 Å². The van der Waals surface area contributed by atoms with Gasteiger partial charge in [-0.25, -0.2) is 0 Å². The van der Waals surface area contributed by atoms with Gasteiger partial charge in [0.2, 0.25) is 0 Å². The quantitative estimate of drug-likeness (QED) is 0.260. The molecule has 32 heavy (non-hydrogen) atoms. The first-order valence-corrected chi connectivity index (χ1v) is 11.9. The minimum Gasteiger partial charge on any atom is -0.309 e. The average Bonchev–Trinajstić information content (AvgIpc) is 3.23. The summed E-state index contributed by atoms with van der Waals surface area (Å²) in [6.45, 7) is 10.4. The van der Waals surface area contributed by atoms with Crippen molar-refractivity contribution in [2.24, 2.45) is 10.8 Å². The molecule has 158 valence electrons. The predicted octanol–water partition coefficient (Wildman–Crippen LogP) is 7.70. The zero-order valence-corrected chi connectivity index (χ0v) is 19.5. The van der Waals surface area contributed by atoms with Crippen LogP contribution in [0.4, 0.5) is 0 Å². The van der Waals surface area contributed by atoms with Gasteiger partial charge in [0.15, 0.2) is 6.71 Å². The van der Waals surface area contributed by atoms with E-state index in [4.69, 9.17) is 0 Å². The second kappa shape index (κ2) is 6.75. The molecule has 1 fully saturated rings. The summed E-state index contributed by atoms with van der Waals surface area (Å²) in [5.74, 6) is 0. The Labute approximate surface area is 191 Å². The van der Waals surface area contributed by atoms with E-state index in [2.05, 4.69) is 117 Å². The Morgan fingerprint density at radius 2 is 1.34 bits per heavy atom. The van der Waals surface area contributed by atoms with Crippen molar-refractivity contribution in [3.8, 4) is 5.69 Å². The molecule has 1 nitrogen and oxygen atoms in total. The third-order valence-corrected chi connectivity index (χ3v) is 8.51. The SMILES string of the molecule is CC1(C)CB(c2ccc3c4c5ccccc5ccc4n(-c4ccccc4)c3c2)CC1(C)C. The van der Waals surface area contributed by atoms with E-state index in [1.165, 1.54) is 56.4 Å². The van der Waals surface area contributed by atoms with E-state index in [1.54, 1.807) is 0 Å². The van der Waals surface area contributed by atoms with E-state index < -0.39 is 0 Å². The van der Waals surface area contributed by atoms with Gasteiger partial charge in [-0.15, -0.1) is 0 Å². The summed E-state index contributed by atoms with van der Waals surface area (Å²) in [6.07, 6.45) is 2.50. The maximum absolute atomic E-state index is 2.49. The van der Waals surface area contributed by atoms with Crippen molar-refractivity contribution >= 4 is 44.8 Å². The summed E-state index contributed by atoms with van der Waals surface area (Å²) in [6, 6.07) is 31.4. The van der Waals surface area contributed by atoms with Crippen LogP contribution in [0.2, 0.25) is 12.6 Å². The first kappa shape index (κ1) is 19.7. The van der Waals surface area contributed by atoms with Crippen LogP contribution in [0.5, 0.6) is 0 Å². The number of hydrogen-bond acceptors (Lipinski definition) is 0. The zero-order valence-electron chi connectivity index (χ0n) is 19.5. The van der Waals surface area contributed by atoms with Crippen molar-refractivity contribution in [3.05, 3.63) is 84.9 Å². The highest BCUT2D eigenvalue weighted by atomic mass is 15.0. The Kier molecular flexibility index (Phi) is 4.15. The topological polar surface area (TPSA) is 4.93 Å². The smallest absolute Gasteiger partial charge is 0.177 e. The third-order valence-electron chi connectivity index (χ3n) is 8.51. The number of benzene rings is 4. The minimum absolute atomic E-state index is 0.356. The lowest BCUT2D eigenvalue weighted by Gasteiger charge is -2.35. The molecule has 1 saturated heterocycles. The molecule has 0 bridgehead atoms. The van der Waals surface area contributed by atoms with Gasteiger partial charge in [-0.1, -0.05) is 106 Å². The molecule has 0 unspecified atom stereocenters. The van der Waals surface area contributed by atoms with Gasteiger partial charge in [0, 0.05) is 16.5 Å². The third kappa shape index (κ3) is 2.78. The minimum atomic E-state index is 0.356. The lowest BCUT2D eigenvalue weighted by atomic mass is 9.42. The van der Waals surface area contributed by atoms with Crippen molar-refractivity contribution in [2.75, 3.05) is 0 Å². The summed E-state index contributed by atoms with van der Waals surface area (Å²) in [5.41, 5.74) is 6.04. The highest BCUT2D eigenvalue weighted by Gasteiger charge is 2.48. The second-order valence-corrected chi connectivity index (χ2v) is 11.0. The number of hydrogen-bond donors (Lipinski definition) is 0. The Bertz CT molecular complexity index is 1460. The molecule has 4 aromatic carbocycles. The van der Waals surface area contributed by atoms with Crippen LogP contribution in [0.3, 0.4) is 0 Å². The molecule has 0 saturated carbocycles. The number of rotatable bonds is 2. The molecule has 0 radical (unpaired) electrons. The standard InChI is InChI=1S/C30H30BN/c1-29(2)19-31(20-30(29,3)4)22-15-16-25-27(18-22)32(23-11-6-5-7-12-23)26-17-14-21-10-8-9-13-24(21)28(25)26/h5-18H,19-20H2,1-4H3. The lowest BCUT2D eigenvalue weighted by molar-refractivity contribution is 0.177. The van der Waals surface area contributed by atoms with Crippen molar-refractivity contribution in [1.29, 1.82) is 0 Å². The molecule has 1 aliphatic heterocycles. The monoisotopic (exact) mass is 415 g/mol. The van der Waals surface area contributed by atoms with E-state index in [-0.39, 0.29) is 0 Å². The fraction of sp³-hybridized carbons (Fsp3) is 0.267. The van der Waals surface area contributed by atoms with Gasteiger partial charge in [0.1, 0.15) is 0 Å². The molecular formula is C30H30BN. The number of aromatic nitrogens is 1. The maximum atomic E-state index is 2.49. The molecular weight excluding hydrogens is 385 g/mol. The van der Waals surface area contributed by atoms with Crippen LogP contribution >= 0.6 is 0 Å². The van der Waals surface area contributed by atoms with E-state index in [0.717, 1.165) is 0 Å². The maximum Gasteiger partial charge on any atom is 0.177 e. The average molecular weight is 415 g/mol. The van der Waals surface area contributed by atoms with E-state index in [9.17, 15) is 0 Å². The molecule has 6 rings (SSSR count). The zero-order chi connectivity index (χ0) is 22.1. The van der Waals surface area contributed by atoms with Crippen molar-refractivity contribution in [2.45, 2.75) is 40.3 Å². The van der Waals surface area contributed by atoms with Crippen LogP contribution in [-0.4, -0.2) is 11.3 Å². The number of fused-ring (bicyclic) bond motifs is 5. The molecule has 5 aromatic rings. The first-order chi connectivity index (χ1) is 15.4. The van der Waals surface area contributed by atoms with Crippen LogP contribution in [0, 0.1) is 10.8 Å². The normalized spacial score (nSPS) is 17.6. The molecule has 2 heteroatoms. The Morgan fingerprint density at radius 3 is 2.09 bits per heavy atom. The van der Waals surface area contributed by atoms with Gasteiger partial charge in [0.05, 0.1) is 11.0 Å². The van der Waals surface area contributed by atoms with E-state index in [1.807, 2.05) is 0 Å². The Hall–Kier alpha value is -3.00. The first-order valence-electron chi connectivity index (χ1n) is 11.9. The summed E-state index contributed by atoms with van der Waals surface area (Å²) in [7, 11) is 0. The Balaban J connectivity index is 1.66. The molecule has 0 amide bonds. The molecule has 1 aliphatic rings. The van der Waals surface area contributed by atoms with Crippen LogP contribution in [-0.2, 0) is 0 Å². The number of nitrogens with zero attached hydrogens (tertiary/aromatic N) is 1. The Morgan fingerprint density at radius 1 is 0.656 bits per heavy atom. The molecule has 0 aliphatic carbocycles. The second-order valence-electron chi connectivity index (χ2n) is 11.0. The van der Waals surface area contributed by atoms with Crippen molar-refractivity contribution in [3.63, 3.8) is 0 Å². The summed E-state index contributed by atoms with van der Waals surface area (Å²) >= 11 is 0. The molecule has 2 heterocycles. The number of para-hydroxylation sites is 1. The van der Waals surface area contributed by atoms with E-state index in [0.29, 0.717) is 17.5 Å².